The molecule has 1 aromatic rings. The molecule has 2 heteroatoms. The molecule has 1 atom stereocenters. The third-order valence-corrected chi connectivity index (χ3v) is 4.11. The fourth-order valence-electron chi connectivity index (χ4n) is 2.89. The third kappa shape index (κ3) is 3.26. The van der Waals surface area contributed by atoms with Crippen molar-refractivity contribution in [3.05, 3.63) is 29.8 Å². The van der Waals surface area contributed by atoms with Gasteiger partial charge in [-0.15, -0.1) is 0 Å². The highest BCUT2D eigenvalue weighted by atomic mass is 16.5. The zero-order valence-corrected chi connectivity index (χ0v) is 11.8. The monoisotopic (exact) mass is 247 g/mol. The second-order valence-electron chi connectivity index (χ2n) is 5.59. The molecule has 1 aromatic carbocycles. The molecule has 1 fully saturated rings. The molecule has 0 unspecified atom stereocenters. The zero-order chi connectivity index (χ0) is 13.0. The average Bonchev–Trinajstić information content (AvgIpc) is 2.41. The lowest BCUT2D eigenvalue weighted by atomic mass is 9.87. The van der Waals surface area contributed by atoms with E-state index in [-0.39, 0.29) is 0 Å². The van der Waals surface area contributed by atoms with E-state index in [4.69, 9.17) is 4.74 Å². The second kappa shape index (κ2) is 6.24. The summed E-state index contributed by atoms with van der Waals surface area (Å²) in [5.41, 5.74) is 1.26. The first-order valence-electron chi connectivity index (χ1n) is 7.09. The Morgan fingerprint density at radius 3 is 2.50 bits per heavy atom. The van der Waals surface area contributed by atoms with E-state index < -0.39 is 0 Å². The van der Waals surface area contributed by atoms with Gasteiger partial charge in [0.25, 0.3) is 0 Å². The van der Waals surface area contributed by atoms with E-state index in [1.807, 2.05) is 12.1 Å². The summed E-state index contributed by atoms with van der Waals surface area (Å²) < 4.78 is 5.43. The number of methoxy groups -OCH3 is 1. The highest BCUT2D eigenvalue weighted by Crippen LogP contribution is 2.28. The molecule has 2 nitrogen and oxygen atoms in total. The van der Waals surface area contributed by atoms with E-state index >= 15 is 0 Å². The van der Waals surface area contributed by atoms with Gasteiger partial charge in [0.15, 0.2) is 0 Å². The first kappa shape index (κ1) is 13.4. The molecule has 1 saturated carbocycles. The average molecular weight is 247 g/mol. The lowest BCUT2D eigenvalue weighted by Gasteiger charge is -2.30. The lowest BCUT2D eigenvalue weighted by molar-refractivity contribution is 0.289. The summed E-state index contributed by atoms with van der Waals surface area (Å²) in [5.74, 6) is 1.89. The molecule has 0 heterocycles. The fourth-order valence-corrected chi connectivity index (χ4v) is 2.89. The van der Waals surface area contributed by atoms with Gasteiger partial charge in [-0.25, -0.2) is 0 Å². The van der Waals surface area contributed by atoms with Gasteiger partial charge in [-0.05, 0) is 44.6 Å². The Balaban J connectivity index is 1.96. The quantitative estimate of drug-likeness (QED) is 0.870. The Morgan fingerprint density at radius 1 is 1.17 bits per heavy atom. The molecule has 1 aliphatic rings. The summed E-state index contributed by atoms with van der Waals surface area (Å²) in [6.45, 7) is 4.59. The van der Waals surface area contributed by atoms with Gasteiger partial charge in [-0.1, -0.05) is 25.1 Å². The zero-order valence-electron chi connectivity index (χ0n) is 11.8. The van der Waals surface area contributed by atoms with Crippen molar-refractivity contribution in [2.24, 2.45) is 5.92 Å². The van der Waals surface area contributed by atoms with Gasteiger partial charge in [0.1, 0.15) is 5.75 Å². The SMILES string of the molecule is COc1ccccc1[C@H](C)NC1CCC(C)CC1. The first-order chi connectivity index (χ1) is 8.70. The highest BCUT2D eigenvalue weighted by molar-refractivity contribution is 5.35. The van der Waals surface area contributed by atoms with Crippen molar-refractivity contribution in [3.63, 3.8) is 0 Å². The Kier molecular flexibility index (Phi) is 4.65. The predicted octanol–water partition coefficient (Wildman–Crippen LogP) is 3.92. The van der Waals surface area contributed by atoms with Crippen LogP contribution in [-0.2, 0) is 0 Å². The van der Waals surface area contributed by atoms with Gasteiger partial charge in [-0.2, -0.15) is 0 Å². The molecule has 0 radical (unpaired) electrons. The molecule has 100 valence electrons. The van der Waals surface area contributed by atoms with Crippen LogP contribution in [0.4, 0.5) is 0 Å². The lowest BCUT2D eigenvalue weighted by Crippen LogP contribution is -2.34. The van der Waals surface area contributed by atoms with Crippen molar-refractivity contribution in [1.29, 1.82) is 0 Å². The molecule has 0 spiro atoms. The van der Waals surface area contributed by atoms with E-state index in [1.54, 1.807) is 7.11 Å². The van der Waals surface area contributed by atoms with Crippen LogP contribution in [0.15, 0.2) is 24.3 Å². The molecule has 0 aliphatic heterocycles. The van der Waals surface area contributed by atoms with Crippen LogP contribution >= 0.6 is 0 Å². The molecular weight excluding hydrogens is 222 g/mol. The minimum atomic E-state index is 0.361. The van der Waals surface area contributed by atoms with E-state index in [0.29, 0.717) is 12.1 Å². The predicted molar refractivity (Wildman–Crippen MR) is 76.0 cm³/mol. The van der Waals surface area contributed by atoms with E-state index in [1.165, 1.54) is 31.2 Å². The Labute approximate surface area is 111 Å². The number of para-hydroxylation sites is 1. The molecular formula is C16H25NO. The van der Waals surface area contributed by atoms with Crippen molar-refractivity contribution in [2.75, 3.05) is 7.11 Å². The maximum Gasteiger partial charge on any atom is 0.123 e. The summed E-state index contributed by atoms with van der Waals surface area (Å²) in [4.78, 5) is 0. The first-order valence-corrected chi connectivity index (χ1v) is 7.09. The van der Waals surface area contributed by atoms with Crippen LogP contribution < -0.4 is 10.1 Å². The van der Waals surface area contributed by atoms with Gasteiger partial charge in [0.2, 0.25) is 0 Å². The Bertz CT molecular complexity index is 369. The largest absolute Gasteiger partial charge is 0.496 e. The van der Waals surface area contributed by atoms with Crippen LogP contribution in [0.2, 0.25) is 0 Å². The summed E-state index contributed by atoms with van der Waals surface area (Å²) in [7, 11) is 1.74. The van der Waals surface area contributed by atoms with Crippen LogP contribution in [-0.4, -0.2) is 13.2 Å². The van der Waals surface area contributed by atoms with Gasteiger partial charge in [-0.3, -0.25) is 0 Å². The molecule has 2 rings (SSSR count). The van der Waals surface area contributed by atoms with Gasteiger partial charge in [0, 0.05) is 17.6 Å². The van der Waals surface area contributed by atoms with Crippen molar-refractivity contribution < 1.29 is 4.74 Å². The van der Waals surface area contributed by atoms with Crippen molar-refractivity contribution in [2.45, 2.75) is 51.6 Å². The molecule has 0 saturated heterocycles. The number of nitrogens with one attached hydrogen (secondary N) is 1. The Hall–Kier alpha value is -1.02. The second-order valence-corrected chi connectivity index (χ2v) is 5.59. The van der Waals surface area contributed by atoms with Gasteiger partial charge in [0.05, 0.1) is 7.11 Å². The van der Waals surface area contributed by atoms with Crippen LogP contribution in [0.3, 0.4) is 0 Å². The number of ether oxygens (including phenoxy) is 1. The third-order valence-electron chi connectivity index (χ3n) is 4.11. The topological polar surface area (TPSA) is 21.3 Å². The van der Waals surface area contributed by atoms with Crippen LogP contribution in [0, 0.1) is 5.92 Å². The standard InChI is InChI=1S/C16H25NO/c1-12-8-10-14(11-9-12)17-13(2)15-6-4-5-7-16(15)18-3/h4-7,12-14,17H,8-11H2,1-3H3/t12?,13-,14?/m0/s1. The minimum absolute atomic E-state index is 0.361. The molecule has 0 amide bonds. The normalized spacial score (nSPS) is 25.7. The Morgan fingerprint density at radius 2 is 1.83 bits per heavy atom. The maximum atomic E-state index is 5.43. The van der Waals surface area contributed by atoms with E-state index in [2.05, 4.69) is 31.3 Å². The number of hydrogen-bond acceptors (Lipinski definition) is 2. The molecule has 0 bridgehead atoms. The summed E-state index contributed by atoms with van der Waals surface area (Å²) >= 11 is 0. The summed E-state index contributed by atoms with van der Waals surface area (Å²) in [5, 5.41) is 3.75. The van der Waals surface area contributed by atoms with Crippen LogP contribution in [0.25, 0.3) is 0 Å². The maximum absolute atomic E-state index is 5.43. The van der Waals surface area contributed by atoms with Gasteiger partial charge < -0.3 is 10.1 Å². The summed E-state index contributed by atoms with van der Waals surface area (Å²) in [6.07, 6.45) is 5.33. The molecule has 1 N–H and O–H groups in total. The van der Waals surface area contributed by atoms with Gasteiger partial charge >= 0.3 is 0 Å². The van der Waals surface area contributed by atoms with E-state index in [9.17, 15) is 0 Å². The van der Waals surface area contributed by atoms with Crippen molar-refractivity contribution in [1.82, 2.24) is 5.32 Å². The smallest absolute Gasteiger partial charge is 0.123 e. The van der Waals surface area contributed by atoms with Crippen molar-refractivity contribution >= 4 is 0 Å². The van der Waals surface area contributed by atoms with Crippen LogP contribution in [0.1, 0.15) is 51.1 Å². The molecule has 1 aliphatic carbocycles. The van der Waals surface area contributed by atoms with Crippen molar-refractivity contribution in [3.8, 4) is 5.75 Å². The molecule has 0 aromatic heterocycles. The van der Waals surface area contributed by atoms with Crippen LogP contribution in [0.5, 0.6) is 5.75 Å². The minimum Gasteiger partial charge on any atom is -0.496 e. The highest BCUT2D eigenvalue weighted by Gasteiger charge is 2.20. The number of rotatable bonds is 4. The van der Waals surface area contributed by atoms with E-state index in [0.717, 1.165) is 11.7 Å². The number of hydrogen-bond donors (Lipinski definition) is 1. The number of benzene rings is 1. The summed E-state index contributed by atoms with van der Waals surface area (Å²) in [6, 6.07) is 9.33. The molecule has 18 heavy (non-hydrogen) atoms. The fraction of sp³-hybridized carbons (Fsp3) is 0.625.